The van der Waals surface area contributed by atoms with Crippen molar-refractivity contribution in [2.75, 3.05) is 32.7 Å². The second-order valence-corrected chi connectivity index (χ2v) is 12.6. The highest BCUT2D eigenvalue weighted by Gasteiger charge is 2.30. The molecule has 2 amide bonds. The molecule has 3 rings (SSSR count). The lowest BCUT2D eigenvalue weighted by molar-refractivity contribution is -0.150. The molecule has 0 spiro atoms. The van der Waals surface area contributed by atoms with Crippen molar-refractivity contribution in [2.24, 2.45) is 17.8 Å². The van der Waals surface area contributed by atoms with E-state index in [0.29, 0.717) is 22.4 Å². The van der Waals surface area contributed by atoms with E-state index in [1.807, 2.05) is 0 Å². The summed E-state index contributed by atoms with van der Waals surface area (Å²) in [7, 11) is -4.21. The molecule has 2 aliphatic rings. The molecular formula is C29H45N5O6S. The number of carboxylic acid groups (broad SMARTS) is 1. The zero-order valence-electron chi connectivity index (χ0n) is 23.9. The Bertz CT molecular complexity index is 1100. The molecule has 0 aromatic heterocycles. The summed E-state index contributed by atoms with van der Waals surface area (Å²) in [6.07, 6.45) is 9.01. The van der Waals surface area contributed by atoms with Crippen LogP contribution in [0.5, 0.6) is 0 Å². The number of nitrogens with zero attached hydrogens (tertiary/aromatic N) is 1. The van der Waals surface area contributed by atoms with Crippen LogP contribution in [0.1, 0.15) is 63.9 Å². The summed E-state index contributed by atoms with van der Waals surface area (Å²) in [5, 5.41) is 20.3. The Morgan fingerprint density at radius 3 is 2.02 bits per heavy atom. The summed E-state index contributed by atoms with van der Waals surface area (Å²) in [4.78, 5) is 40.1. The van der Waals surface area contributed by atoms with Gasteiger partial charge >= 0.3 is 5.97 Å². The first-order valence-electron chi connectivity index (χ1n) is 14.6. The Morgan fingerprint density at radius 2 is 1.51 bits per heavy atom. The standard InChI is InChI=1S/C29H45N5O6S/c1-22(29(37)38)34(33-41(39,40)20-15-23-5-3-2-4-6-23)27(35)21-32-28(36)26(9-7-24-11-16-30-17-12-24)10-8-25-13-18-31-19-14-25/h2-6,15,20,22,24-26,30-31,33H,7-14,16-19,21H2,1H3,(H,32,36)(H,37,38)/b20-15+. The van der Waals surface area contributed by atoms with Gasteiger partial charge in [-0.25, -0.2) is 18.2 Å². The molecule has 2 fully saturated rings. The molecule has 12 heteroatoms. The van der Waals surface area contributed by atoms with Crippen LogP contribution in [0.15, 0.2) is 35.7 Å². The average Bonchev–Trinajstić information content (AvgIpc) is 2.98. The van der Waals surface area contributed by atoms with Crippen LogP contribution in [0.2, 0.25) is 0 Å². The van der Waals surface area contributed by atoms with Crippen LogP contribution in [-0.2, 0) is 24.4 Å². The maximum Gasteiger partial charge on any atom is 0.327 e. The smallest absolute Gasteiger partial charge is 0.327 e. The van der Waals surface area contributed by atoms with Crippen LogP contribution in [0.25, 0.3) is 6.08 Å². The first-order chi connectivity index (χ1) is 19.6. The van der Waals surface area contributed by atoms with Gasteiger partial charge in [0.2, 0.25) is 5.91 Å². The summed E-state index contributed by atoms with van der Waals surface area (Å²) in [6, 6.07) is 7.20. The van der Waals surface area contributed by atoms with E-state index in [9.17, 15) is 27.9 Å². The van der Waals surface area contributed by atoms with Crippen LogP contribution in [0.3, 0.4) is 0 Å². The van der Waals surface area contributed by atoms with Crippen molar-refractivity contribution >= 4 is 33.9 Å². The lowest BCUT2D eigenvalue weighted by Crippen LogP contribution is -2.56. The molecule has 1 aromatic carbocycles. The predicted octanol–water partition coefficient (Wildman–Crippen LogP) is 2.09. The lowest BCUT2D eigenvalue weighted by Gasteiger charge is -2.28. The Morgan fingerprint density at radius 1 is 0.976 bits per heavy atom. The number of benzene rings is 1. The second-order valence-electron chi connectivity index (χ2n) is 11.1. The van der Waals surface area contributed by atoms with Gasteiger partial charge in [0.15, 0.2) is 0 Å². The molecule has 0 bridgehead atoms. The van der Waals surface area contributed by atoms with E-state index in [-0.39, 0.29) is 11.8 Å². The molecule has 228 valence electrons. The molecule has 41 heavy (non-hydrogen) atoms. The van der Waals surface area contributed by atoms with E-state index in [4.69, 9.17) is 0 Å². The Hall–Kier alpha value is -2.80. The second kappa shape index (κ2) is 16.6. The van der Waals surface area contributed by atoms with E-state index in [1.165, 1.54) is 13.0 Å². The third-order valence-corrected chi connectivity index (χ3v) is 8.97. The van der Waals surface area contributed by atoms with Gasteiger partial charge in [0, 0.05) is 11.3 Å². The third-order valence-electron chi connectivity index (χ3n) is 8.03. The van der Waals surface area contributed by atoms with Crippen molar-refractivity contribution in [3.05, 3.63) is 41.3 Å². The van der Waals surface area contributed by atoms with Gasteiger partial charge in [0.05, 0.1) is 6.54 Å². The van der Waals surface area contributed by atoms with Crippen LogP contribution in [0, 0.1) is 17.8 Å². The largest absolute Gasteiger partial charge is 0.480 e. The van der Waals surface area contributed by atoms with Gasteiger partial charge in [0.1, 0.15) is 6.04 Å². The topological polar surface area (TPSA) is 157 Å². The normalized spacial score (nSPS) is 17.9. The van der Waals surface area contributed by atoms with E-state index >= 15 is 0 Å². The van der Waals surface area contributed by atoms with Crippen molar-refractivity contribution in [3.63, 3.8) is 0 Å². The number of hydrogen-bond donors (Lipinski definition) is 5. The van der Waals surface area contributed by atoms with Gasteiger partial charge in [-0.05, 0) is 108 Å². The zero-order valence-corrected chi connectivity index (χ0v) is 24.7. The number of piperidine rings is 2. The van der Waals surface area contributed by atoms with Crippen LogP contribution in [-0.4, -0.2) is 75.1 Å². The quantitative estimate of drug-likeness (QED) is 0.194. The number of sulfonamides is 1. The predicted molar refractivity (Wildman–Crippen MR) is 158 cm³/mol. The number of amides is 2. The Kier molecular flexibility index (Phi) is 13.2. The van der Waals surface area contributed by atoms with Crippen LogP contribution in [0.4, 0.5) is 0 Å². The highest BCUT2D eigenvalue weighted by atomic mass is 32.2. The molecular weight excluding hydrogens is 546 g/mol. The van der Waals surface area contributed by atoms with Crippen molar-refractivity contribution in [3.8, 4) is 0 Å². The van der Waals surface area contributed by atoms with Crippen molar-refractivity contribution in [1.29, 1.82) is 0 Å². The fourth-order valence-electron chi connectivity index (χ4n) is 5.37. The first kappa shape index (κ1) is 32.7. The van der Waals surface area contributed by atoms with Gasteiger partial charge < -0.3 is 21.1 Å². The average molecular weight is 592 g/mol. The van der Waals surface area contributed by atoms with Crippen molar-refractivity contribution in [2.45, 2.75) is 64.3 Å². The monoisotopic (exact) mass is 591 g/mol. The molecule has 2 aliphatic heterocycles. The zero-order chi connectivity index (χ0) is 29.7. The third kappa shape index (κ3) is 11.5. The first-order valence-corrected chi connectivity index (χ1v) is 16.2. The molecule has 0 aliphatic carbocycles. The highest BCUT2D eigenvalue weighted by molar-refractivity contribution is 7.92. The number of nitrogens with one attached hydrogen (secondary N) is 4. The number of carbonyl (C=O) groups excluding carboxylic acids is 2. The number of hydrazine groups is 1. The van der Waals surface area contributed by atoms with Crippen LogP contribution < -0.4 is 20.8 Å². The summed E-state index contributed by atoms with van der Waals surface area (Å²) in [5.41, 5.74) is 0.620. The molecule has 1 aromatic rings. The molecule has 0 radical (unpaired) electrons. The Labute approximate surface area is 243 Å². The number of carbonyl (C=O) groups is 3. The number of carboxylic acids is 1. The fraction of sp³-hybridized carbons (Fsp3) is 0.621. The number of rotatable bonds is 15. The molecule has 1 atom stereocenters. The summed E-state index contributed by atoms with van der Waals surface area (Å²) in [5.74, 6) is -1.63. The van der Waals surface area contributed by atoms with E-state index in [2.05, 4.69) is 20.8 Å². The van der Waals surface area contributed by atoms with Gasteiger partial charge in [-0.2, -0.15) is 0 Å². The minimum atomic E-state index is -4.21. The minimum absolute atomic E-state index is 0.254. The van der Waals surface area contributed by atoms with E-state index in [1.54, 1.807) is 30.3 Å². The van der Waals surface area contributed by atoms with E-state index < -0.39 is 34.5 Å². The minimum Gasteiger partial charge on any atom is -0.480 e. The molecule has 2 saturated heterocycles. The van der Waals surface area contributed by atoms with Crippen LogP contribution >= 0.6 is 0 Å². The molecule has 11 nitrogen and oxygen atoms in total. The van der Waals surface area contributed by atoms with Gasteiger partial charge in [-0.15, -0.1) is 4.83 Å². The number of aliphatic carboxylic acids is 1. The summed E-state index contributed by atoms with van der Waals surface area (Å²) in [6.45, 7) is 4.63. The SMILES string of the molecule is CC(C(=O)O)N(NS(=O)(=O)/C=C/c1ccccc1)C(=O)CNC(=O)C(CCC1CCNCC1)CCC1CCNCC1. The van der Waals surface area contributed by atoms with Gasteiger partial charge in [0.25, 0.3) is 15.9 Å². The molecule has 0 saturated carbocycles. The fourth-order valence-corrected chi connectivity index (χ4v) is 6.30. The molecule has 1 unspecified atom stereocenters. The maximum absolute atomic E-state index is 13.3. The van der Waals surface area contributed by atoms with Crippen molar-refractivity contribution in [1.82, 2.24) is 25.8 Å². The number of hydrogen-bond acceptors (Lipinski definition) is 7. The highest BCUT2D eigenvalue weighted by Crippen LogP contribution is 2.27. The summed E-state index contributed by atoms with van der Waals surface area (Å²) < 4.78 is 25.4. The summed E-state index contributed by atoms with van der Waals surface area (Å²) >= 11 is 0. The van der Waals surface area contributed by atoms with Gasteiger partial charge in [-0.3, -0.25) is 9.59 Å². The lowest BCUT2D eigenvalue weighted by atomic mass is 9.84. The van der Waals surface area contributed by atoms with E-state index in [0.717, 1.165) is 83.0 Å². The maximum atomic E-state index is 13.3. The van der Waals surface area contributed by atoms with Gasteiger partial charge in [-0.1, -0.05) is 30.3 Å². The molecule has 5 N–H and O–H groups in total. The Balaban J connectivity index is 1.62. The molecule has 2 heterocycles. The van der Waals surface area contributed by atoms with Crippen molar-refractivity contribution < 1.29 is 27.9 Å².